The molecule has 1 heterocycles. The highest BCUT2D eigenvalue weighted by Crippen LogP contribution is 2.50. The zero-order chi connectivity index (χ0) is 25.8. The SMILES string of the molecule is CON(C)C(=O)N1N=C(c2cc(F)ccc2F)SC1(CCON(C(=N)N)C(C)=O)c1ccccc1. The van der Waals surface area contributed by atoms with E-state index in [1.807, 2.05) is 0 Å². The Morgan fingerprint density at radius 3 is 2.51 bits per heavy atom. The van der Waals surface area contributed by atoms with Gasteiger partial charge < -0.3 is 5.73 Å². The number of hydrogen-bond donors (Lipinski definition) is 2. The van der Waals surface area contributed by atoms with Crippen molar-refractivity contribution in [3.8, 4) is 0 Å². The van der Waals surface area contributed by atoms with Gasteiger partial charge in [0.25, 0.3) is 0 Å². The van der Waals surface area contributed by atoms with Crippen LogP contribution in [0.4, 0.5) is 13.6 Å². The summed E-state index contributed by atoms with van der Waals surface area (Å²) in [4.78, 5) is 34.2. The van der Waals surface area contributed by atoms with E-state index in [0.717, 1.165) is 40.0 Å². The number of hydroxylamine groups is 4. The average molecular weight is 507 g/mol. The number of nitrogens with one attached hydrogen (secondary N) is 1. The number of nitrogens with zero attached hydrogens (tertiary/aromatic N) is 4. The van der Waals surface area contributed by atoms with Crippen LogP contribution in [0.2, 0.25) is 0 Å². The van der Waals surface area contributed by atoms with E-state index in [4.69, 9.17) is 20.8 Å². The molecule has 2 aromatic rings. The summed E-state index contributed by atoms with van der Waals surface area (Å²) < 4.78 is 28.6. The summed E-state index contributed by atoms with van der Waals surface area (Å²) in [7, 11) is 2.67. The Bertz CT molecular complexity index is 1140. The largest absolute Gasteiger partial charge is 0.368 e. The van der Waals surface area contributed by atoms with Crippen LogP contribution < -0.4 is 5.73 Å². The van der Waals surface area contributed by atoms with Crippen molar-refractivity contribution < 1.29 is 28.0 Å². The lowest BCUT2D eigenvalue weighted by Crippen LogP contribution is -2.48. The molecule has 3 N–H and O–H groups in total. The van der Waals surface area contributed by atoms with Crippen LogP contribution in [0.5, 0.6) is 0 Å². The molecule has 1 aliphatic heterocycles. The maximum Gasteiger partial charge on any atom is 0.365 e. The summed E-state index contributed by atoms with van der Waals surface area (Å²) in [6.07, 6.45) is 0.0198. The molecule has 0 radical (unpaired) electrons. The van der Waals surface area contributed by atoms with Crippen LogP contribution in [0.1, 0.15) is 24.5 Å². The standard InChI is InChI=1S/C22H24F2N6O4S/c1-14(31)29(20(25)26)34-12-11-22(15-7-5-4-6-8-15)30(21(32)28(2)33-3)27-19(35-22)17-13-16(23)9-10-18(17)24/h4-10,13H,11-12H2,1-3H3,(H3,25,26). The van der Waals surface area contributed by atoms with Gasteiger partial charge in [0.05, 0.1) is 13.7 Å². The first-order valence-corrected chi connectivity index (χ1v) is 11.1. The van der Waals surface area contributed by atoms with E-state index in [0.29, 0.717) is 10.6 Å². The van der Waals surface area contributed by atoms with Gasteiger partial charge in [0.1, 0.15) is 21.5 Å². The first-order chi connectivity index (χ1) is 16.6. The number of guanidine groups is 1. The Hall–Kier alpha value is -3.55. The summed E-state index contributed by atoms with van der Waals surface area (Å²) in [5, 5.41) is 14.6. The Morgan fingerprint density at radius 1 is 1.23 bits per heavy atom. The second-order valence-corrected chi connectivity index (χ2v) is 8.60. The van der Waals surface area contributed by atoms with Crippen LogP contribution in [0.15, 0.2) is 53.6 Å². The maximum absolute atomic E-state index is 14.7. The van der Waals surface area contributed by atoms with Crippen LogP contribution in [0.3, 0.4) is 0 Å². The number of amides is 3. The third-order valence-corrected chi connectivity index (χ3v) is 6.52. The van der Waals surface area contributed by atoms with Gasteiger partial charge in [-0.05, 0) is 23.8 Å². The summed E-state index contributed by atoms with van der Waals surface area (Å²) >= 11 is 1.02. The predicted octanol–water partition coefficient (Wildman–Crippen LogP) is 3.21. The molecule has 35 heavy (non-hydrogen) atoms. The molecule has 1 unspecified atom stereocenters. The van der Waals surface area contributed by atoms with Crippen molar-refractivity contribution in [1.29, 1.82) is 5.41 Å². The van der Waals surface area contributed by atoms with Gasteiger partial charge in [0.15, 0.2) is 0 Å². The van der Waals surface area contributed by atoms with Gasteiger partial charge in [-0.25, -0.2) is 18.6 Å². The van der Waals surface area contributed by atoms with Crippen molar-refractivity contribution in [2.75, 3.05) is 20.8 Å². The number of benzene rings is 2. The fraction of sp³-hybridized carbons (Fsp3) is 0.273. The van der Waals surface area contributed by atoms with E-state index in [9.17, 15) is 18.4 Å². The third kappa shape index (κ3) is 5.42. The molecule has 13 heteroatoms. The molecule has 1 atom stereocenters. The second kappa shape index (κ2) is 10.8. The summed E-state index contributed by atoms with van der Waals surface area (Å²) in [5.41, 5.74) is 5.88. The normalized spacial score (nSPS) is 17.2. The summed E-state index contributed by atoms with van der Waals surface area (Å²) in [5.74, 6) is -2.62. The Kier molecular flexibility index (Phi) is 8.04. The van der Waals surface area contributed by atoms with Crippen LogP contribution >= 0.6 is 11.8 Å². The highest BCUT2D eigenvalue weighted by molar-refractivity contribution is 8.15. The van der Waals surface area contributed by atoms with Gasteiger partial charge >= 0.3 is 6.03 Å². The number of hydrazone groups is 1. The smallest absolute Gasteiger partial charge is 0.365 e. The monoisotopic (exact) mass is 506 g/mol. The average Bonchev–Trinajstić information content (AvgIpc) is 3.22. The van der Waals surface area contributed by atoms with Crippen molar-refractivity contribution >= 4 is 34.7 Å². The lowest BCUT2D eigenvalue weighted by molar-refractivity contribution is -0.162. The van der Waals surface area contributed by atoms with Crippen molar-refractivity contribution in [1.82, 2.24) is 15.1 Å². The molecule has 0 saturated carbocycles. The molecule has 2 aromatic carbocycles. The molecule has 1 aliphatic rings. The second-order valence-electron chi connectivity index (χ2n) is 7.34. The molecule has 0 aliphatic carbocycles. The van der Waals surface area contributed by atoms with E-state index >= 15 is 0 Å². The molecule has 3 amide bonds. The van der Waals surface area contributed by atoms with Gasteiger partial charge in [0, 0.05) is 26.0 Å². The van der Waals surface area contributed by atoms with Crippen molar-refractivity contribution in [3.05, 3.63) is 71.3 Å². The van der Waals surface area contributed by atoms with Crippen LogP contribution in [0, 0.1) is 17.0 Å². The van der Waals surface area contributed by atoms with E-state index in [1.54, 1.807) is 30.3 Å². The molecule has 0 spiro atoms. The molecule has 0 fully saturated rings. The predicted molar refractivity (Wildman–Crippen MR) is 126 cm³/mol. The fourth-order valence-corrected chi connectivity index (χ4v) is 4.71. The Morgan fingerprint density at radius 2 is 1.91 bits per heavy atom. The lowest BCUT2D eigenvalue weighted by atomic mass is 10.0. The Balaban J connectivity index is 2.08. The fourth-order valence-electron chi connectivity index (χ4n) is 3.36. The number of thioether (sulfide) groups is 1. The molecule has 0 saturated heterocycles. The van der Waals surface area contributed by atoms with Gasteiger partial charge in [0.2, 0.25) is 11.9 Å². The van der Waals surface area contributed by atoms with Gasteiger partial charge in [-0.3, -0.25) is 19.9 Å². The molecular formula is C22H24F2N6O4S. The molecule has 3 rings (SSSR count). The van der Waals surface area contributed by atoms with E-state index in [2.05, 4.69) is 5.10 Å². The highest BCUT2D eigenvalue weighted by atomic mass is 32.2. The zero-order valence-electron chi connectivity index (χ0n) is 19.2. The molecule has 0 aromatic heterocycles. The first kappa shape index (κ1) is 26.1. The topological polar surface area (TPSA) is 125 Å². The summed E-state index contributed by atoms with van der Waals surface area (Å²) in [6.45, 7) is 0.992. The van der Waals surface area contributed by atoms with Crippen LogP contribution in [-0.4, -0.2) is 58.8 Å². The first-order valence-electron chi connectivity index (χ1n) is 10.3. The van der Waals surface area contributed by atoms with E-state index < -0.39 is 34.4 Å². The van der Waals surface area contributed by atoms with Crippen molar-refractivity contribution in [2.45, 2.75) is 18.2 Å². The van der Waals surface area contributed by atoms with Gasteiger partial charge in [-0.1, -0.05) is 42.1 Å². The minimum absolute atomic E-state index is 0.0198. The number of rotatable bonds is 7. The number of carbonyl (C=O) groups excluding carboxylic acids is 2. The Labute approximate surface area is 204 Å². The minimum Gasteiger partial charge on any atom is -0.368 e. The molecule has 186 valence electrons. The quantitative estimate of drug-likeness (QED) is 0.338. The molecular weight excluding hydrogens is 482 g/mol. The highest BCUT2D eigenvalue weighted by Gasteiger charge is 2.50. The van der Waals surface area contributed by atoms with Crippen molar-refractivity contribution in [3.63, 3.8) is 0 Å². The molecule has 0 bridgehead atoms. The third-order valence-electron chi connectivity index (χ3n) is 5.07. The van der Waals surface area contributed by atoms with Crippen LogP contribution in [0.25, 0.3) is 0 Å². The molecule has 10 nitrogen and oxygen atoms in total. The number of carbonyl (C=O) groups is 2. The van der Waals surface area contributed by atoms with E-state index in [1.165, 1.54) is 21.1 Å². The summed E-state index contributed by atoms with van der Waals surface area (Å²) in [6, 6.07) is 11.0. The number of halogens is 2. The minimum atomic E-state index is -1.31. The van der Waals surface area contributed by atoms with Gasteiger partial charge in [-0.2, -0.15) is 15.2 Å². The van der Waals surface area contributed by atoms with Gasteiger partial charge in [-0.15, -0.1) is 0 Å². The number of urea groups is 1. The maximum atomic E-state index is 14.7. The number of hydrogen-bond acceptors (Lipinski definition) is 7. The lowest BCUT2D eigenvalue weighted by Gasteiger charge is -2.37. The van der Waals surface area contributed by atoms with E-state index in [-0.39, 0.29) is 23.6 Å². The van der Waals surface area contributed by atoms with Crippen LogP contribution in [-0.2, 0) is 19.3 Å². The van der Waals surface area contributed by atoms with Crippen molar-refractivity contribution in [2.24, 2.45) is 10.8 Å². The number of nitrogens with two attached hydrogens (primary N) is 1. The zero-order valence-corrected chi connectivity index (χ0v) is 20.0.